The molecule has 90 valence electrons. The van der Waals surface area contributed by atoms with Crippen molar-refractivity contribution in [2.75, 3.05) is 13.6 Å². The quantitative estimate of drug-likeness (QED) is 0.777. The van der Waals surface area contributed by atoms with Crippen LogP contribution in [0.15, 0.2) is 4.42 Å². The van der Waals surface area contributed by atoms with Gasteiger partial charge in [-0.25, -0.2) is 0 Å². The summed E-state index contributed by atoms with van der Waals surface area (Å²) in [6.07, 6.45) is 2.88. The summed E-state index contributed by atoms with van der Waals surface area (Å²) in [4.78, 5) is 2.02. The van der Waals surface area contributed by atoms with E-state index in [0.29, 0.717) is 30.8 Å². The lowest BCUT2D eigenvalue weighted by molar-refractivity contribution is 0.100. The van der Waals surface area contributed by atoms with Gasteiger partial charge in [-0.3, -0.25) is 4.90 Å². The van der Waals surface area contributed by atoms with E-state index in [1.54, 1.807) is 0 Å². The van der Waals surface area contributed by atoms with Gasteiger partial charge in [-0.1, -0.05) is 6.92 Å². The zero-order chi connectivity index (χ0) is 11.5. The number of aromatic nitrogens is 2. The molecule has 16 heavy (non-hydrogen) atoms. The second kappa shape index (κ2) is 4.93. The maximum Gasteiger partial charge on any atom is 0.230 e. The summed E-state index contributed by atoms with van der Waals surface area (Å²) in [7, 11) is 1.96. The number of aliphatic hydroxyl groups is 1. The summed E-state index contributed by atoms with van der Waals surface area (Å²) < 4.78 is 5.42. The van der Waals surface area contributed by atoms with Crippen molar-refractivity contribution in [3.05, 3.63) is 11.8 Å². The second-order valence-corrected chi connectivity index (χ2v) is 4.54. The molecule has 0 amide bonds. The lowest BCUT2D eigenvalue weighted by Gasteiger charge is -2.18. The van der Waals surface area contributed by atoms with E-state index in [2.05, 4.69) is 10.2 Å². The van der Waals surface area contributed by atoms with Crippen LogP contribution in [0.25, 0.3) is 0 Å². The van der Waals surface area contributed by atoms with Crippen molar-refractivity contribution in [3.63, 3.8) is 0 Å². The van der Waals surface area contributed by atoms with E-state index in [1.807, 2.05) is 18.9 Å². The third kappa shape index (κ3) is 3.02. The van der Waals surface area contributed by atoms with E-state index in [9.17, 15) is 5.11 Å². The molecule has 1 N–H and O–H groups in total. The van der Waals surface area contributed by atoms with Crippen LogP contribution < -0.4 is 0 Å². The highest BCUT2D eigenvalue weighted by Gasteiger charge is 2.30. The van der Waals surface area contributed by atoms with Gasteiger partial charge >= 0.3 is 0 Å². The molecule has 0 spiro atoms. The third-order valence-corrected chi connectivity index (χ3v) is 2.88. The van der Waals surface area contributed by atoms with Crippen molar-refractivity contribution in [2.24, 2.45) is 5.92 Å². The minimum absolute atomic E-state index is 0.210. The topological polar surface area (TPSA) is 62.4 Å². The van der Waals surface area contributed by atoms with Crippen molar-refractivity contribution in [1.29, 1.82) is 0 Å². The summed E-state index contributed by atoms with van der Waals surface area (Å²) in [5, 5.41) is 17.6. The summed E-state index contributed by atoms with van der Waals surface area (Å²) in [6, 6.07) is 0. The Morgan fingerprint density at radius 1 is 1.44 bits per heavy atom. The summed E-state index contributed by atoms with van der Waals surface area (Å²) >= 11 is 0. The van der Waals surface area contributed by atoms with Gasteiger partial charge in [0, 0.05) is 13.0 Å². The Morgan fingerprint density at radius 2 is 2.12 bits per heavy atom. The fraction of sp³-hybridized carbons (Fsp3) is 0.818. The van der Waals surface area contributed by atoms with Crippen molar-refractivity contribution < 1.29 is 9.52 Å². The molecule has 0 bridgehead atoms. The van der Waals surface area contributed by atoms with Gasteiger partial charge < -0.3 is 9.52 Å². The van der Waals surface area contributed by atoms with Gasteiger partial charge in [0.15, 0.2) is 0 Å². The van der Waals surface area contributed by atoms with Crippen LogP contribution in [-0.4, -0.2) is 39.9 Å². The van der Waals surface area contributed by atoms with E-state index in [1.165, 1.54) is 0 Å². The van der Waals surface area contributed by atoms with Gasteiger partial charge in [-0.2, -0.15) is 0 Å². The molecule has 0 aromatic carbocycles. The van der Waals surface area contributed by atoms with Gasteiger partial charge in [-0.15, -0.1) is 10.2 Å². The Morgan fingerprint density at radius 3 is 2.69 bits per heavy atom. The third-order valence-electron chi connectivity index (χ3n) is 2.88. The molecule has 0 aliphatic heterocycles. The molecule has 1 aromatic rings. The van der Waals surface area contributed by atoms with Gasteiger partial charge in [0.05, 0.1) is 12.6 Å². The second-order valence-electron chi connectivity index (χ2n) is 4.54. The Kier molecular flexibility index (Phi) is 3.56. The molecule has 0 radical (unpaired) electrons. The van der Waals surface area contributed by atoms with E-state index in [4.69, 9.17) is 4.42 Å². The highest BCUT2D eigenvalue weighted by molar-refractivity contribution is 4.85. The number of hydrogen-bond acceptors (Lipinski definition) is 5. The number of aliphatic hydroxyl groups excluding tert-OH is 1. The monoisotopic (exact) mass is 225 g/mol. The molecule has 5 nitrogen and oxygen atoms in total. The van der Waals surface area contributed by atoms with E-state index in [-0.39, 0.29) is 6.10 Å². The zero-order valence-corrected chi connectivity index (χ0v) is 9.89. The number of hydrogen-bond donors (Lipinski definition) is 1. The summed E-state index contributed by atoms with van der Waals surface area (Å²) in [5.74, 6) is 1.81. The zero-order valence-electron chi connectivity index (χ0n) is 9.89. The predicted molar refractivity (Wildman–Crippen MR) is 58.7 cm³/mol. The molecule has 1 atom stereocenters. The fourth-order valence-electron chi connectivity index (χ4n) is 1.74. The molecule has 1 heterocycles. The van der Waals surface area contributed by atoms with Gasteiger partial charge in [-0.05, 0) is 25.8 Å². The number of aryl methyl sites for hydroxylation is 1. The first kappa shape index (κ1) is 11.5. The maximum atomic E-state index is 9.78. The maximum absolute atomic E-state index is 9.78. The molecule has 1 fully saturated rings. The lowest BCUT2D eigenvalue weighted by atomic mass is 10.2. The van der Waals surface area contributed by atoms with Gasteiger partial charge in [0.2, 0.25) is 11.8 Å². The fourth-order valence-corrected chi connectivity index (χ4v) is 1.74. The van der Waals surface area contributed by atoms with Crippen molar-refractivity contribution in [3.8, 4) is 0 Å². The van der Waals surface area contributed by atoms with Crippen molar-refractivity contribution in [2.45, 2.75) is 38.8 Å². The SMILES string of the molecule is CCc1nnc(CN(C)CC(O)C2CC2)o1. The van der Waals surface area contributed by atoms with Crippen LogP contribution in [-0.2, 0) is 13.0 Å². The Balaban J connectivity index is 1.79. The first-order valence-corrected chi connectivity index (χ1v) is 5.87. The Hall–Kier alpha value is -0.940. The molecular formula is C11H19N3O2. The molecule has 1 aliphatic carbocycles. The molecule has 2 rings (SSSR count). The molecule has 5 heteroatoms. The van der Waals surface area contributed by atoms with Gasteiger partial charge in [0.25, 0.3) is 0 Å². The summed E-state index contributed by atoms with van der Waals surface area (Å²) in [5.41, 5.74) is 0. The molecule has 1 aromatic heterocycles. The van der Waals surface area contributed by atoms with Crippen LogP contribution in [0.3, 0.4) is 0 Å². The summed E-state index contributed by atoms with van der Waals surface area (Å²) in [6.45, 7) is 3.27. The number of rotatable bonds is 6. The van der Waals surface area contributed by atoms with E-state index >= 15 is 0 Å². The molecule has 0 saturated heterocycles. The Bertz CT molecular complexity index is 336. The minimum atomic E-state index is -0.210. The molecule has 1 aliphatic rings. The molecule has 1 unspecified atom stereocenters. The Labute approximate surface area is 95.5 Å². The van der Waals surface area contributed by atoms with Crippen LogP contribution in [0, 0.1) is 5.92 Å². The average molecular weight is 225 g/mol. The average Bonchev–Trinajstić information content (AvgIpc) is 3.00. The van der Waals surface area contributed by atoms with E-state index < -0.39 is 0 Å². The van der Waals surface area contributed by atoms with Crippen LogP contribution in [0.2, 0.25) is 0 Å². The predicted octanol–water partition coefficient (Wildman–Crippen LogP) is 0.835. The normalized spacial score (nSPS) is 18.0. The lowest BCUT2D eigenvalue weighted by Crippen LogP contribution is -2.30. The van der Waals surface area contributed by atoms with Crippen LogP contribution in [0.1, 0.15) is 31.5 Å². The first-order valence-electron chi connectivity index (χ1n) is 5.87. The van der Waals surface area contributed by atoms with Crippen molar-refractivity contribution in [1.82, 2.24) is 15.1 Å². The number of likely N-dealkylation sites (N-methyl/N-ethyl adjacent to an activating group) is 1. The highest BCUT2D eigenvalue weighted by Crippen LogP contribution is 2.32. The van der Waals surface area contributed by atoms with Crippen molar-refractivity contribution >= 4 is 0 Å². The molecule has 1 saturated carbocycles. The van der Waals surface area contributed by atoms with Crippen LogP contribution in [0.4, 0.5) is 0 Å². The van der Waals surface area contributed by atoms with Crippen LogP contribution in [0.5, 0.6) is 0 Å². The number of nitrogens with zero attached hydrogens (tertiary/aromatic N) is 3. The first-order chi connectivity index (χ1) is 7.69. The smallest absolute Gasteiger partial charge is 0.230 e. The van der Waals surface area contributed by atoms with Crippen LogP contribution >= 0.6 is 0 Å². The highest BCUT2D eigenvalue weighted by atomic mass is 16.4. The van der Waals surface area contributed by atoms with E-state index in [0.717, 1.165) is 19.3 Å². The minimum Gasteiger partial charge on any atom is -0.424 e. The van der Waals surface area contributed by atoms with Gasteiger partial charge in [0.1, 0.15) is 0 Å². The standard InChI is InChI=1S/C11H19N3O2/c1-3-10-12-13-11(16-10)7-14(2)6-9(15)8-4-5-8/h8-9,15H,3-7H2,1-2H3. The molecular weight excluding hydrogens is 206 g/mol. The largest absolute Gasteiger partial charge is 0.424 e.